The van der Waals surface area contributed by atoms with Gasteiger partial charge in [0.15, 0.2) is 5.11 Å². The molecule has 0 bridgehead atoms. The van der Waals surface area contributed by atoms with Crippen LogP contribution in [0.1, 0.15) is 17.2 Å². The predicted molar refractivity (Wildman–Crippen MR) is 92.7 cm³/mol. The third kappa shape index (κ3) is 2.67. The summed E-state index contributed by atoms with van der Waals surface area (Å²) in [6.07, 6.45) is 0. The maximum atomic E-state index is 8.41. The molecule has 3 N–H and O–H groups in total. The van der Waals surface area contributed by atoms with Gasteiger partial charge in [0, 0.05) is 13.1 Å². The third-order valence-electron chi connectivity index (χ3n) is 3.90. The van der Waals surface area contributed by atoms with Gasteiger partial charge >= 0.3 is 0 Å². The van der Waals surface area contributed by atoms with Crippen LogP contribution in [0.25, 0.3) is 0 Å². The first-order chi connectivity index (χ1) is 10.7. The van der Waals surface area contributed by atoms with Gasteiger partial charge in [0.25, 0.3) is 0 Å². The van der Waals surface area contributed by atoms with Gasteiger partial charge in [0.1, 0.15) is 0 Å². The van der Waals surface area contributed by atoms with Crippen LogP contribution in [0.4, 0.5) is 0 Å². The number of thiocarbonyl (C=S) groups is 1. The highest BCUT2D eigenvalue weighted by atomic mass is 32.1. The van der Waals surface area contributed by atoms with E-state index in [1.807, 2.05) is 41.3 Å². The fraction of sp³-hybridized carbons (Fsp3) is 0.176. The first-order valence-corrected chi connectivity index (χ1v) is 7.61. The number of hydrogen-bond donors (Lipinski definition) is 2. The van der Waals surface area contributed by atoms with Crippen molar-refractivity contribution in [1.82, 2.24) is 9.80 Å². The van der Waals surface area contributed by atoms with Crippen molar-refractivity contribution < 1.29 is 0 Å². The van der Waals surface area contributed by atoms with E-state index in [0.29, 0.717) is 12.5 Å². The van der Waals surface area contributed by atoms with Crippen LogP contribution in [0, 0.1) is 5.41 Å². The molecule has 0 aliphatic carbocycles. The fourth-order valence-electron chi connectivity index (χ4n) is 2.86. The van der Waals surface area contributed by atoms with Crippen molar-refractivity contribution in [1.29, 1.82) is 5.41 Å². The van der Waals surface area contributed by atoms with Crippen molar-refractivity contribution in [2.45, 2.75) is 6.04 Å². The summed E-state index contributed by atoms with van der Waals surface area (Å²) in [5, 5.41) is 8.66. The summed E-state index contributed by atoms with van der Waals surface area (Å²) in [4.78, 5) is 3.72. The maximum absolute atomic E-state index is 8.41. The molecule has 22 heavy (non-hydrogen) atoms. The van der Waals surface area contributed by atoms with Crippen molar-refractivity contribution in [3.05, 3.63) is 71.8 Å². The third-order valence-corrected chi connectivity index (χ3v) is 4.12. The SMILES string of the molecule is N=C1N(C(N)=S)CCN1C(c1ccccc1)c1ccccc1. The molecule has 0 saturated carbocycles. The highest BCUT2D eigenvalue weighted by Crippen LogP contribution is 2.31. The summed E-state index contributed by atoms with van der Waals surface area (Å²) in [5.74, 6) is 0.366. The first-order valence-electron chi connectivity index (χ1n) is 7.20. The lowest BCUT2D eigenvalue weighted by Gasteiger charge is -2.30. The summed E-state index contributed by atoms with van der Waals surface area (Å²) in [5.41, 5.74) is 8.03. The van der Waals surface area contributed by atoms with E-state index in [4.69, 9.17) is 23.4 Å². The zero-order valence-corrected chi connectivity index (χ0v) is 13.0. The molecule has 112 valence electrons. The standard InChI is InChI=1S/C17H18N4S/c18-16-20(11-12-21(16)17(19)22)15(13-7-3-1-4-8-13)14-9-5-2-6-10-14/h1-10,15,18H,11-12H2,(H2,19,22). The van der Waals surface area contributed by atoms with E-state index in [1.54, 1.807) is 4.90 Å². The molecule has 0 unspecified atom stereocenters. The number of rotatable bonds is 3. The number of nitrogens with one attached hydrogen (secondary N) is 1. The fourth-order valence-corrected chi connectivity index (χ4v) is 3.04. The molecule has 0 radical (unpaired) electrons. The molecule has 0 atom stereocenters. The summed E-state index contributed by atoms with van der Waals surface area (Å²) in [6, 6.07) is 20.5. The molecule has 1 fully saturated rings. The Bertz CT molecular complexity index is 632. The molecule has 2 aromatic carbocycles. The van der Waals surface area contributed by atoms with Crippen molar-refractivity contribution >= 4 is 23.3 Å². The maximum Gasteiger partial charge on any atom is 0.200 e. The highest BCUT2D eigenvalue weighted by molar-refractivity contribution is 7.80. The van der Waals surface area contributed by atoms with Gasteiger partial charge in [-0.2, -0.15) is 0 Å². The van der Waals surface area contributed by atoms with Gasteiger partial charge in [-0.25, -0.2) is 0 Å². The Morgan fingerprint density at radius 3 is 1.86 bits per heavy atom. The second kappa shape index (κ2) is 6.15. The van der Waals surface area contributed by atoms with E-state index in [0.717, 1.165) is 17.7 Å². The molecule has 1 saturated heterocycles. The van der Waals surface area contributed by atoms with Crippen molar-refractivity contribution in [3.63, 3.8) is 0 Å². The van der Waals surface area contributed by atoms with Crippen LogP contribution < -0.4 is 5.73 Å². The summed E-state index contributed by atoms with van der Waals surface area (Å²) >= 11 is 5.04. The number of guanidine groups is 1. The molecule has 2 aromatic rings. The average Bonchev–Trinajstić information content (AvgIpc) is 2.92. The summed E-state index contributed by atoms with van der Waals surface area (Å²) in [7, 11) is 0. The summed E-state index contributed by atoms with van der Waals surface area (Å²) < 4.78 is 0. The lowest BCUT2D eigenvalue weighted by molar-refractivity contribution is 0.390. The van der Waals surface area contributed by atoms with E-state index in [9.17, 15) is 0 Å². The smallest absolute Gasteiger partial charge is 0.200 e. The lowest BCUT2D eigenvalue weighted by Crippen LogP contribution is -2.41. The minimum absolute atomic E-state index is 0.00532. The Kier molecular flexibility index (Phi) is 4.06. The number of nitrogens with two attached hydrogens (primary N) is 1. The average molecular weight is 310 g/mol. The molecule has 0 amide bonds. The Labute approximate surface area is 135 Å². The minimum atomic E-state index is -0.00532. The second-order valence-corrected chi connectivity index (χ2v) is 5.65. The van der Waals surface area contributed by atoms with Gasteiger partial charge in [0.05, 0.1) is 6.04 Å². The van der Waals surface area contributed by atoms with Crippen LogP contribution in [-0.2, 0) is 0 Å². The Hall–Kier alpha value is -2.40. The minimum Gasteiger partial charge on any atom is -0.376 e. The van der Waals surface area contributed by atoms with Crippen LogP contribution in [0.2, 0.25) is 0 Å². The van der Waals surface area contributed by atoms with E-state index in [-0.39, 0.29) is 11.2 Å². The predicted octanol–water partition coefficient (Wildman–Crippen LogP) is 2.57. The Morgan fingerprint density at radius 2 is 1.45 bits per heavy atom. The Balaban J connectivity index is 2.00. The molecule has 1 heterocycles. The van der Waals surface area contributed by atoms with Crippen molar-refractivity contribution in [2.24, 2.45) is 5.73 Å². The van der Waals surface area contributed by atoms with E-state index < -0.39 is 0 Å². The number of nitrogens with zero attached hydrogens (tertiary/aromatic N) is 2. The van der Waals surface area contributed by atoms with E-state index in [1.165, 1.54) is 0 Å². The van der Waals surface area contributed by atoms with E-state index >= 15 is 0 Å². The molecular weight excluding hydrogens is 292 g/mol. The number of hydrogen-bond acceptors (Lipinski definition) is 2. The van der Waals surface area contributed by atoms with Gasteiger partial charge in [0.2, 0.25) is 5.96 Å². The van der Waals surface area contributed by atoms with Crippen LogP contribution in [0.5, 0.6) is 0 Å². The van der Waals surface area contributed by atoms with Crippen LogP contribution in [0.15, 0.2) is 60.7 Å². The Morgan fingerprint density at radius 1 is 0.955 bits per heavy atom. The van der Waals surface area contributed by atoms with Gasteiger partial charge in [-0.15, -0.1) is 0 Å². The zero-order valence-electron chi connectivity index (χ0n) is 12.1. The van der Waals surface area contributed by atoms with Crippen molar-refractivity contribution in [3.8, 4) is 0 Å². The van der Waals surface area contributed by atoms with Crippen LogP contribution in [-0.4, -0.2) is 34.0 Å². The first kappa shape index (κ1) is 14.5. The molecule has 5 heteroatoms. The molecule has 4 nitrogen and oxygen atoms in total. The monoisotopic (exact) mass is 310 g/mol. The zero-order chi connectivity index (χ0) is 15.5. The van der Waals surface area contributed by atoms with Gasteiger partial charge in [-0.1, -0.05) is 60.7 Å². The number of benzene rings is 2. The lowest BCUT2D eigenvalue weighted by atomic mass is 9.97. The molecule has 1 aliphatic rings. The molecule has 1 aliphatic heterocycles. The van der Waals surface area contributed by atoms with Crippen LogP contribution in [0.3, 0.4) is 0 Å². The van der Waals surface area contributed by atoms with Gasteiger partial charge in [-0.05, 0) is 23.3 Å². The van der Waals surface area contributed by atoms with Gasteiger partial charge in [-0.3, -0.25) is 10.3 Å². The topological polar surface area (TPSA) is 56.4 Å². The highest BCUT2D eigenvalue weighted by Gasteiger charge is 2.33. The summed E-state index contributed by atoms with van der Waals surface area (Å²) in [6.45, 7) is 1.38. The molecular formula is C17H18N4S. The van der Waals surface area contributed by atoms with Crippen LogP contribution >= 0.6 is 12.2 Å². The molecule has 3 rings (SSSR count). The van der Waals surface area contributed by atoms with E-state index in [2.05, 4.69) is 24.3 Å². The normalized spacial score (nSPS) is 14.7. The van der Waals surface area contributed by atoms with Crippen molar-refractivity contribution in [2.75, 3.05) is 13.1 Å². The van der Waals surface area contributed by atoms with Gasteiger partial charge < -0.3 is 10.6 Å². The second-order valence-electron chi connectivity index (χ2n) is 5.23. The largest absolute Gasteiger partial charge is 0.376 e. The molecule has 0 aromatic heterocycles. The molecule has 0 spiro atoms. The quantitative estimate of drug-likeness (QED) is 0.856.